The van der Waals surface area contributed by atoms with Crippen LogP contribution in [0.3, 0.4) is 0 Å². The van der Waals surface area contributed by atoms with Crippen molar-refractivity contribution in [3.8, 4) is 0 Å². The van der Waals surface area contributed by atoms with Crippen LogP contribution in [0.5, 0.6) is 0 Å². The number of benzene rings is 1. The number of sulfone groups is 1. The molecule has 2 aromatic rings. The van der Waals surface area contributed by atoms with Gasteiger partial charge < -0.3 is 15.2 Å². The van der Waals surface area contributed by atoms with E-state index in [1.807, 2.05) is 32.0 Å². The second-order valence-electron chi connectivity index (χ2n) is 6.62. The van der Waals surface area contributed by atoms with E-state index in [9.17, 15) is 8.42 Å². The highest BCUT2D eigenvalue weighted by atomic mass is 127. The Bertz CT molecular complexity index is 864. The zero-order valence-corrected chi connectivity index (χ0v) is 19.5. The first-order valence-electron chi connectivity index (χ1n) is 8.87. The SMILES string of the molecule is CN=C(NCCCn1c(C)nc2ccccc21)NC(C)CCS(C)(=O)=O.I. The molecule has 2 N–H and O–H groups in total. The first kappa shape index (κ1) is 23.7. The van der Waals surface area contributed by atoms with Crippen molar-refractivity contribution >= 4 is 50.8 Å². The van der Waals surface area contributed by atoms with Crippen molar-refractivity contribution in [3.05, 3.63) is 30.1 Å². The van der Waals surface area contributed by atoms with E-state index in [1.54, 1.807) is 7.05 Å². The van der Waals surface area contributed by atoms with E-state index in [2.05, 4.69) is 31.2 Å². The molecule has 0 fully saturated rings. The molecule has 1 aromatic carbocycles. The molecule has 2 rings (SSSR count). The van der Waals surface area contributed by atoms with Gasteiger partial charge in [0.25, 0.3) is 0 Å². The summed E-state index contributed by atoms with van der Waals surface area (Å²) in [5.74, 6) is 1.88. The molecule has 0 spiro atoms. The molecule has 27 heavy (non-hydrogen) atoms. The van der Waals surface area contributed by atoms with Gasteiger partial charge in [-0.15, -0.1) is 24.0 Å². The first-order valence-corrected chi connectivity index (χ1v) is 10.9. The van der Waals surface area contributed by atoms with Gasteiger partial charge in [-0.3, -0.25) is 4.99 Å². The van der Waals surface area contributed by atoms with Gasteiger partial charge in [0.05, 0.1) is 16.8 Å². The maximum absolute atomic E-state index is 11.3. The number of halogens is 1. The number of hydrogen-bond donors (Lipinski definition) is 2. The summed E-state index contributed by atoms with van der Waals surface area (Å²) in [5.41, 5.74) is 2.18. The van der Waals surface area contributed by atoms with Gasteiger partial charge in [-0.25, -0.2) is 13.4 Å². The van der Waals surface area contributed by atoms with Crippen LogP contribution < -0.4 is 10.6 Å². The maximum atomic E-state index is 11.3. The minimum Gasteiger partial charge on any atom is -0.356 e. The van der Waals surface area contributed by atoms with E-state index in [0.29, 0.717) is 12.4 Å². The Labute approximate surface area is 179 Å². The Morgan fingerprint density at radius 2 is 2.04 bits per heavy atom. The van der Waals surface area contributed by atoms with Crippen LogP contribution in [0.4, 0.5) is 0 Å². The highest BCUT2D eigenvalue weighted by Crippen LogP contribution is 2.15. The molecule has 0 radical (unpaired) electrons. The second kappa shape index (κ2) is 10.8. The molecule has 7 nitrogen and oxygen atoms in total. The molecule has 0 bridgehead atoms. The predicted octanol–water partition coefficient (Wildman–Crippen LogP) is 2.34. The standard InChI is InChI=1S/C18H29N5O2S.HI/c1-14(10-13-26(4,24)25)21-18(19-3)20-11-7-12-23-15(2)22-16-8-5-6-9-17(16)23;/h5-6,8-9,14H,7,10-13H2,1-4H3,(H2,19,20,21);1H. The number of rotatable bonds is 8. The van der Waals surface area contributed by atoms with Crippen LogP contribution in [0.15, 0.2) is 29.3 Å². The van der Waals surface area contributed by atoms with Crippen LogP contribution in [0.25, 0.3) is 11.0 Å². The molecule has 0 aliphatic rings. The summed E-state index contributed by atoms with van der Waals surface area (Å²) in [6.45, 7) is 5.63. The Kier molecular flexibility index (Phi) is 9.51. The summed E-state index contributed by atoms with van der Waals surface area (Å²) in [5, 5.41) is 6.51. The van der Waals surface area contributed by atoms with Crippen LogP contribution in [0.1, 0.15) is 25.6 Å². The number of hydrogen-bond acceptors (Lipinski definition) is 4. The van der Waals surface area contributed by atoms with Crippen LogP contribution in [-0.2, 0) is 16.4 Å². The summed E-state index contributed by atoms with van der Waals surface area (Å²) < 4.78 is 24.7. The number of imidazole rings is 1. The van der Waals surface area contributed by atoms with Gasteiger partial charge in [-0.05, 0) is 38.8 Å². The zero-order chi connectivity index (χ0) is 19.2. The second-order valence-corrected chi connectivity index (χ2v) is 8.88. The normalized spacial score (nSPS) is 13.3. The molecule has 1 atom stereocenters. The largest absolute Gasteiger partial charge is 0.356 e. The minimum absolute atomic E-state index is 0. The molecule has 0 saturated heterocycles. The lowest BCUT2D eigenvalue weighted by atomic mass is 10.3. The number of nitrogens with zero attached hydrogens (tertiary/aromatic N) is 3. The number of fused-ring (bicyclic) bond motifs is 1. The molecule has 0 saturated carbocycles. The highest BCUT2D eigenvalue weighted by molar-refractivity contribution is 14.0. The van der Waals surface area contributed by atoms with Gasteiger partial charge in [0, 0.05) is 32.4 Å². The summed E-state index contributed by atoms with van der Waals surface area (Å²) in [6, 6.07) is 8.19. The molecule has 9 heteroatoms. The third-order valence-corrected chi connectivity index (χ3v) is 5.20. The van der Waals surface area contributed by atoms with E-state index >= 15 is 0 Å². The Morgan fingerprint density at radius 3 is 2.70 bits per heavy atom. The van der Waals surface area contributed by atoms with E-state index in [0.717, 1.165) is 36.4 Å². The fraction of sp³-hybridized carbons (Fsp3) is 0.556. The number of para-hydroxylation sites is 2. The molecule has 0 amide bonds. The predicted molar refractivity (Wildman–Crippen MR) is 123 cm³/mol. The molecular weight excluding hydrogens is 477 g/mol. The van der Waals surface area contributed by atoms with Crippen LogP contribution in [0, 0.1) is 6.92 Å². The van der Waals surface area contributed by atoms with Gasteiger partial charge in [0.1, 0.15) is 15.7 Å². The smallest absolute Gasteiger partial charge is 0.191 e. The number of aryl methyl sites for hydroxylation is 2. The highest BCUT2D eigenvalue weighted by Gasteiger charge is 2.10. The number of aliphatic imine (C=N–C) groups is 1. The molecule has 0 aliphatic carbocycles. The van der Waals surface area contributed by atoms with Crippen LogP contribution >= 0.6 is 24.0 Å². The monoisotopic (exact) mass is 507 g/mol. The minimum atomic E-state index is -2.94. The average Bonchev–Trinajstić information content (AvgIpc) is 2.90. The van der Waals surface area contributed by atoms with E-state index in [1.165, 1.54) is 6.26 Å². The van der Waals surface area contributed by atoms with Gasteiger partial charge in [0.2, 0.25) is 0 Å². The molecular formula is C18H30IN5O2S. The third-order valence-electron chi connectivity index (χ3n) is 4.22. The average molecular weight is 507 g/mol. The molecule has 1 unspecified atom stereocenters. The van der Waals surface area contributed by atoms with Gasteiger partial charge in [0.15, 0.2) is 5.96 Å². The fourth-order valence-corrected chi connectivity index (χ4v) is 3.59. The molecule has 0 aliphatic heterocycles. The fourth-order valence-electron chi connectivity index (χ4n) is 2.81. The van der Waals surface area contributed by atoms with E-state index in [-0.39, 0.29) is 35.8 Å². The maximum Gasteiger partial charge on any atom is 0.191 e. The Balaban J connectivity index is 0.00000364. The van der Waals surface area contributed by atoms with Gasteiger partial charge in [-0.2, -0.15) is 0 Å². The van der Waals surface area contributed by atoms with E-state index < -0.39 is 9.84 Å². The molecule has 152 valence electrons. The van der Waals surface area contributed by atoms with Crippen molar-refractivity contribution in [2.45, 2.75) is 39.3 Å². The zero-order valence-electron chi connectivity index (χ0n) is 16.4. The quantitative estimate of drug-likeness (QED) is 0.248. The summed E-state index contributed by atoms with van der Waals surface area (Å²) in [4.78, 5) is 8.78. The third kappa shape index (κ3) is 7.65. The van der Waals surface area contributed by atoms with Crippen molar-refractivity contribution in [1.82, 2.24) is 20.2 Å². The Hall–Kier alpha value is -1.36. The number of nitrogens with one attached hydrogen (secondary N) is 2. The van der Waals surface area contributed by atoms with Crippen molar-refractivity contribution in [3.63, 3.8) is 0 Å². The van der Waals surface area contributed by atoms with Crippen LogP contribution in [0.2, 0.25) is 0 Å². The van der Waals surface area contributed by atoms with Crippen LogP contribution in [-0.4, -0.2) is 55.6 Å². The molecule has 1 heterocycles. The molecule has 1 aromatic heterocycles. The lowest BCUT2D eigenvalue weighted by Gasteiger charge is -2.17. The topological polar surface area (TPSA) is 88.4 Å². The van der Waals surface area contributed by atoms with Crippen molar-refractivity contribution < 1.29 is 8.42 Å². The van der Waals surface area contributed by atoms with Crippen molar-refractivity contribution in [2.75, 3.05) is 25.6 Å². The number of aromatic nitrogens is 2. The van der Waals surface area contributed by atoms with Gasteiger partial charge in [-0.1, -0.05) is 12.1 Å². The Morgan fingerprint density at radius 1 is 1.33 bits per heavy atom. The summed E-state index contributed by atoms with van der Waals surface area (Å²) >= 11 is 0. The first-order chi connectivity index (χ1) is 12.3. The van der Waals surface area contributed by atoms with E-state index in [4.69, 9.17) is 0 Å². The lowest BCUT2D eigenvalue weighted by molar-refractivity contribution is 0.577. The van der Waals surface area contributed by atoms with Gasteiger partial charge >= 0.3 is 0 Å². The number of guanidine groups is 1. The van der Waals surface area contributed by atoms with Crippen molar-refractivity contribution in [1.29, 1.82) is 0 Å². The lowest BCUT2D eigenvalue weighted by Crippen LogP contribution is -2.43. The summed E-state index contributed by atoms with van der Waals surface area (Å²) in [6.07, 6.45) is 2.74. The van der Waals surface area contributed by atoms with Crippen molar-refractivity contribution in [2.24, 2.45) is 4.99 Å². The summed E-state index contributed by atoms with van der Waals surface area (Å²) in [7, 11) is -1.22.